The summed E-state index contributed by atoms with van der Waals surface area (Å²) >= 11 is 0. The van der Waals surface area contributed by atoms with Gasteiger partial charge >= 0.3 is 0 Å². The standard InChI is InChI=1S/C13H12N2/c1-2-10-12-8-5-9-15(12)13-7-4-3-6-11(13)14-10/h3-9H,2H2,1H3. The van der Waals surface area contributed by atoms with Crippen molar-refractivity contribution in [3.05, 3.63) is 48.3 Å². The van der Waals surface area contributed by atoms with E-state index in [1.165, 1.54) is 16.7 Å². The van der Waals surface area contributed by atoms with Crippen molar-refractivity contribution in [1.82, 2.24) is 9.38 Å². The lowest BCUT2D eigenvalue weighted by atomic mass is 10.2. The molecular formula is C13H12N2. The first-order chi connectivity index (χ1) is 7.40. The van der Waals surface area contributed by atoms with Crippen molar-refractivity contribution in [1.29, 1.82) is 0 Å². The van der Waals surface area contributed by atoms with E-state index in [0.29, 0.717) is 0 Å². The molecule has 2 aromatic heterocycles. The summed E-state index contributed by atoms with van der Waals surface area (Å²) in [5.74, 6) is 0. The summed E-state index contributed by atoms with van der Waals surface area (Å²) in [6.07, 6.45) is 3.07. The molecule has 0 saturated carbocycles. The van der Waals surface area contributed by atoms with Crippen molar-refractivity contribution >= 4 is 16.6 Å². The average molecular weight is 196 g/mol. The largest absolute Gasteiger partial charge is 0.313 e. The molecule has 2 heteroatoms. The quantitative estimate of drug-likeness (QED) is 0.584. The molecule has 1 aromatic carbocycles. The number of rotatable bonds is 1. The van der Waals surface area contributed by atoms with Crippen LogP contribution >= 0.6 is 0 Å². The zero-order valence-corrected chi connectivity index (χ0v) is 8.64. The third-order valence-corrected chi connectivity index (χ3v) is 2.78. The first-order valence-corrected chi connectivity index (χ1v) is 5.25. The molecule has 0 atom stereocenters. The number of aromatic nitrogens is 2. The van der Waals surface area contributed by atoms with Gasteiger partial charge in [-0.25, -0.2) is 4.98 Å². The monoisotopic (exact) mass is 196 g/mol. The van der Waals surface area contributed by atoms with Gasteiger partial charge in [-0.15, -0.1) is 0 Å². The van der Waals surface area contributed by atoms with Gasteiger partial charge in [0.15, 0.2) is 0 Å². The van der Waals surface area contributed by atoms with Crippen LogP contribution in [0.5, 0.6) is 0 Å². The van der Waals surface area contributed by atoms with Crippen LogP contribution in [-0.2, 0) is 6.42 Å². The Morgan fingerprint density at radius 2 is 1.87 bits per heavy atom. The highest BCUT2D eigenvalue weighted by Crippen LogP contribution is 2.18. The lowest BCUT2D eigenvalue weighted by Gasteiger charge is -2.06. The van der Waals surface area contributed by atoms with Crippen LogP contribution in [0.1, 0.15) is 12.6 Å². The summed E-state index contributed by atoms with van der Waals surface area (Å²) in [4.78, 5) is 4.67. The fourth-order valence-corrected chi connectivity index (χ4v) is 2.05. The van der Waals surface area contributed by atoms with E-state index in [4.69, 9.17) is 0 Å². The summed E-state index contributed by atoms with van der Waals surface area (Å²) < 4.78 is 2.21. The number of hydrogen-bond donors (Lipinski definition) is 0. The number of aryl methyl sites for hydroxylation is 1. The maximum absolute atomic E-state index is 4.67. The number of fused-ring (bicyclic) bond motifs is 3. The third kappa shape index (κ3) is 1.14. The first kappa shape index (κ1) is 8.48. The lowest BCUT2D eigenvalue weighted by molar-refractivity contribution is 1.04. The van der Waals surface area contributed by atoms with E-state index in [0.717, 1.165) is 11.9 Å². The third-order valence-electron chi connectivity index (χ3n) is 2.78. The van der Waals surface area contributed by atoms with Crippen LogP contribution in [0.4, 0.5) is 0 Å². The lowest BCUT2D eigenvalue weighted by Crippen LogP contribution is -1.96. The van der Waals surface area contributed by atoms with Crippen molar-refractivity contribution < 1.29 is 0 Å². The highest BCUT2D eigenvalue weighted by Gasteiger charge is 2.04. The van der Waals surface area contributed by atoms with Gasteiger partial charge in [-0.3, -0.25) is 0 Å². The number of nitrogens with zero attached hydrogens (tertiary/aromatic N) is 2. The van der Waals surface area contributed by atoms with Crippen molar-refractivity contribution in [2.24, 2.45) is 0 Å². The molecule has 0 aliphatic rings. The summed E-state index contributed by atoms with van der Waals surface area (Å²) in [7, 11) is 0. The molecule has 0 bridgehead atoms. The second kappa shape index (κ2) is 3.09. The number of benzene rings is 1. The van der Waals surface area contributed by atoms with Crippen molar-refractivity contribution in [2.45, 2.75) is 13.3 Å². The van der Waals surface area contributed by atoms with Crippen LogP contribution in [0.3, 0.4) is 0 Å². The summed E-state index contributed by atoms with van der Waals surface area (Å²) in [6.45, 7) is 2.14. The fourth-order valence-electron chi connectivity index (χ4n) is 2.05. The minimum atomic E-state index is 0.971. The van der Waals surface area contributed by atoms with E-state index in [1.807, 2.05) is 6.07 Å². The van der Waals surface area contributed by atoms with Gasteiger partial charge < -0.3 is 4.40 Å². The SMILES string of the molecule is CCc1nc2ccccc2n2cccc12. The van der Waals surface area contributed by atoms with Gasteiger partial charge in [-0.1, -0.05) is 19.1 Å². The summed E-state index contributed by atoms with van der Waals surface area (Å²) in [6, 6.07) is 12.4. The molecule has 0 aliphatic heterocycles. The molecule has 2 heterocycles. The van der Waals surface area contributed by atoms with Gasteiger partial charge in [0.1, 0.15) is 0 Å². The van der Waals surface area contributed by atoms with Crippen molar-refractivity contribution in [3.8, 4) is 0 Å². The minimum absolute atomic E-state index is 0.971. The van der Waals surface area contributed by atoms with Crippen molar-refractivity contribution in [3.63, 3.8) is 0 Å². The van der Waals surface area contributed by atoms with E-state index in [9.17, 15) is 0 Å². The Morgan fingerprint density at radius 1 is 1.07 bits per heavy atom. The van der Waals surface area contributed by atoms with E-state index in [1.54, 1.807) is 0 Å². The molecule has 2 nitrogen and oxygen atoms in total. The van der Waals surface area contributed by atoms with Crippen LogP contribution in [-0.4, -0.2) is 9.38 Å². The van der Waals surface area contributed by atoms with Crippen LogP contribution in [0.15, 0.2) is 42.6 Å². The molecule has 74 valence electrons. The van der Waals surface area contributed by atoms with E-state index in [2.05, 4.69) is 52.8 Å². The Kier molecular flexibility index (Phi) is 1.75. The smallest absolute Gasteiger partial charge is 0.0874 e. The Morgan fingerprint density at radius 3 is 2.73 bits per heavy atom. The molecule has 0 N–H and O–H groups in total. The number of hydrogen-bond acceptors (Lipinski definition) is 1. The zero-order valence-electron chi connectivity index (χ0n) is 8.64. The van der Waals surface area contributed by atoms with Gasteiger partial charge in [0.05, 0.1) is 22.2 Å². The van der Waals surface area contributed by atoms with E-state index >= 15 is 0 Å². The van der Waals surface area contributed by atoms with Gasteiger partial charge in [0.2, 0.25) is 0 Å². The molecule has 3 rings (SSSR count). The Labute approximate surface area is 88.2 Å². The highest BCUT2D eigenvalue weighted by atomic mass is 14.9. The molecule has 0 fully saturated rings. The predicted molar refractivity (Wildman–Crippen MR) is 62.1 cm³/mol. The summed E-state index contributed by atoms with van der Waals surface area (Å²) in [5, 5.41) is 0. The Balaban J connectivity index is 2.57. The Bertz CT molecular complexity index is 623. The van der Waals surface area contributed by atoms with Crippen molar-refractivity contribution in [2.75, 3.05) is 0 Å². The number of para-hydroxylation sites is 2. The molecule has 3 aromatic rings. The van der Waals surface area contributed by atoms with Gasteiger partial charge in [-0.2, -0.15) is 0 Å². The minimum Gasteiger partial charge on any atom is -0.313 e. The second-order valence-corrected chi connectivity index (χ2v) is 3.66. The molecule has 15 heavy (non-hydrogen) atoms. The summed E-state index contributed by atoms with van der Waals surface area (Å²) in [5.41, 5.74) is 4.63. The van der Waals surface area contributed by atoms with Crippen LogP contribution in [0.2, 0.25) is 0 Å². The van der Waals surface area contributed by atoms with Gasteiger partial charge in [0.25, 0.3) is 0 Å². The fraction of sp³-hybridized carbons (Fsp3) is 0.154. The zero-order chi connectivity index (χ0) is 10.3. The van der Waals surface area contributed by atoms with E-state index in [-0.39, 0.29) is 0 Å². The van der Waals surface area contributed by atoms with Crippen LogP contribution in [0.25, 0.3) is 16.6 Å². The maximum Gasteiger partial charge on any atom is 0.0874 e. The first-order valence-electron chi connectivity index (χ1n) is 5.25. The molecule has 0 radical (unpaired) electrons. The molecule has 0 spiro atoms. The average Bonchev–Trinajstić information content (AvgIpc) is 2.77. The Hall–Kier alpha value is -1.83. The molecule has 0 aliphatic carbocycles. The van der Waals surface area contributed by atoms with Gasteiger partial charge in [0, 0.05) is 6.20 Å². The van der Waals surface area contributed by atoms with Gasteiger partial charge in [-0.05, 0) is 30.7 Å². The van der Waals surface area contributed by atoms with E-state index < -0.39 is 0 Å². The molecule has 0 saturated heterocycles. The molecule has 0 amide bonds. The molecule has 0 unspecified atom stereocenters. The second-order valence-electron chi connectivity index (χ2n) is 3.66. The highest BCUT2D eigenvalue weighted by molar-refractivity contribution is 5.79. The van der Waals surface area contributed by atoms with Crippen LogP contribution < -0.4 is 0 Å². The topological polar surface area (TPSA) is 17.3 Å². The normalized spacial score (nSPS) is 11.3. The predicted octanol–water partition coefficient (Wildman–Crippen LogP) is 3.05. The molecular weight excluding hydrogens is 184 g/mol. The van der Waals surface area contributed by atoms with Crippen LogP contribution in [0, 0.1) is 0 Å². The maximum atomic E-state index is 4.67.